The van der Waals surface area contributed by atoms with Gasteiger partial charge in [-0.15, -0.1) is 10.2 Å². The molecule has 24 heavy (non-hydrogen) atoms. The second kappa shape index (κ2) is 7.72. The highest BCUT2D eigenvalue weighted by molar-refractivity contribution is 9.10. The van der Waals surface area contributed by atoms with E-state index in [0.29, 0.717) is 11.9 Å². The summed E-state index contributed by atoms with van der Waals surface area (Å²) in [6.45, 7) is 3.01. The standard InChI is InChI=1S/C17H19BrN4O2/c18-13-3-1-12(2-4-13)11-22-9-7-14(8-10-22)19-16-6-5-15(17(23)24)20-21-16/h1-6,14H,7-11H2,(H,19,21)(H,23,24). The van der Waals surface area contributed by atoms with Crippen LogP contribution in [0.25, 0.3) is 0 Å². The maximum atomic E-state index is 10.8. The topological polar surface area (TPSA) is 78.4 Å². The molecule has 0 spiro atoms. The van der Waals surface area contributed by atoms with Gasteiger partial charge >= 0.3 is 5.97 Å². The number of aromatic nitrogens is 2. The summed E-state index contributed by atoms with van der Waals surface area (Å²) in [6.07, 6.45) is 2.05. The van der Waals surface area contributed by atoms with Gasteiger partial charge in [0.1, 0.15) is 5.82 Å². The number of aromatic carboxylic acids is 1. The average molecular weight is 391 g/mol. The van der Waals surface area contributed by atoms with Crippen LogP contribution in [0, 0.1) is 0 Å². The molecule has 126 valence electrons. The van der Waals surface area contributed by atoms with Crippen molar-refractivity contribution in [1.29, 1.82) is 0 Å². The number of likely N-dealkylation sites (tertiary alicyclic amines) is 1. The predicted molar refractivity (Wildman–Crippen MR) is 95.1 cm³/mol. The lowest BCUT2D eigenvalue weighted by Crippen LogP contribution is -2.38. The van der Waals surface area contributed by atoms with Crippen molar-refractivity contribution >= 4 is 27.7 Å². The van der Waals surface area contributed by atoms with Gasteiger partial charge in [-0.1, -0.05) is 28.1 Å². The highest BCUT2D eigenvalue weighted by Crippen LogP contribution is 2.18. The van der Waals surface area contributed by atoms with Crippen LogP contribution in [0.15, 0.2) is 40.9 Å². The molecule has 0 unspecified atom stereocenters. The molecule has 0 atom stereocenters. The third kappa shape index (κ3) is 4.52. The smallest absolute Gasteiger partial charge is 0.356 e. The molecule has 1 saturated heterocycles. The van der Waals surface area contributed by atoms with Crippen molar-refractivity contribution in [2.75, 3.05) is 18.4 Å². The SMILES string of the molecule is O=C(O)c1ccc(NC2CCN(Cc3ccc(Br)cc3)CC2)nn1. The van der Waals surface area contributed by atoms with Crippen LogP contribution in [0.5, 0.6) is 0 Å². The van der Waals surface area contributed by atoms with E-state index in [-0.39, 0.29) is 5.69 Å². The second-order valence-electron chi connectivity index (χ2n) is 5.93. The number of benzene rings is 1. The van der Waals surface area contributed by atoms with E-state index in [1.807, 2.05) is 0 Å². The molecule has 3 rings (SSSR count). The molecular weight excluding hydrogens is 372 g/mol. The van der Waals surface area contributed by atoms with Gasteiger partial charge in [0.15, 0.2) is 5.69 Å². The van der Waals surface area contributed by atoms with Crippen molar-refractivity contribution in [1.82, 2.24) is 15.1 Å². The largest absolute Gasteiger partial charge is 0.476 e. The number of hydrogen-bond donors (Lipinski definition) is 2. The molecule has 2 heterocycles. The van der Waals surface area contributed by atoms with E-state index in [1.54, 1.807) is 6.07 Å². The summed E-state index contributed by atoms with van der Waals surface area (Å²) in [4.78, 5) is 13.2. The lowest BCUT2D eigenvalue weighted by atomic mass is 10.0. The molecular formula is C17H19BrN4O2. The number of carboxylic acids is 1. The van der Waals surface area contributed by atoms with E-state index in [9.17, 15) is 4.79 Å². The Hall–Kier alpha value is -1.99. The summed E-state index contributed by atoms with van der Waals surface area (Å²) in [6, 6.07) is 11.9. The summed E-state index contributed by atoms with van der Waals surface area (Å²) in [5.74, 6) is -0.429. The van der Waals surface area contributed by atoms with Crippen molar-refractivity contribution in [2.24, 2.45) is 0 Å². The normalized spacial score (nSPS) is 16.0. The third-order valence-electron chi connectivity index (χ3n) is 4.14. The molecule has 1 fully saturated rings. The van der Waals surface area contributed by atoms with Gasteiger partial charge < -0.3 is 10.4 Å². The first kappa shape index (κ1) is 16.9. The first-order chi connectivity index (χ1) is 11.6. The van der Waals surface area contributed by atoms with Crippen LogP contribution in [-0.2, 0) is 6.54 Å². The zero-order valence-corrected chi connectivity index (χ0v) is 14.7. The Morgan fingerprint density at radius 1 is 1.17 bits per heavy atom. The number of halogens is 1. The Kier molecular flexibility index (Phi) is 5.42. The Morgan fingerprint density at radius 3 is 2.46 bits per heavy atom. The molecule has 1 aliphatic heterocycles. The van der Waals surface area contributed by atoms with Crippen molar-refractivity contribution in [2.45, 2.75) is 25.4 Å². The fourth-order valence-corrected chi connectivity index (χ4v) is 3.08. The molecule has 1 aromatic heterocycles. The van der Waals surface area contributed by atoms with Gasteiger partial charge in [-0.3, -0.25) is 4.90 Å². The van der Waals surface area contributed by atoms with Crippen LogP contribution < -0.4 is 5.32 Å². The monoisotopic (exact) mass is 390 g/mol. The molecule has 0 amide bonds. The lowest BCUT2D eigenvalue weighted by molar-refractivity contribution is 0.0689. The van der Waals surface area contributed by atoms with E-state index in [4.69, 9.17) is 5.11 Å². The number of hydrogen-bond acceptors (Lipinski definition) is 5. The van der Waals surface area contributed by atoms with Gasteiger partial charge in [0.05, 0.1) is 0 Å². The summed E-state index contributed by atoms with van der Waals surface area (Å²) >= 11 is 3.46. The summed E-state index contributed by atoms with van der Waals surface area (Å²) in [5.41, 5.74) is 1.28. The highest BCUT2D eigenvalue weighted by Gasteiger charge is 2.19. The molecule has 0 bridgehead atoms. The number of carbonyl (C=O) groups is 1. The van der Waals surface area contributed by atoms with Crippen LogP contribution >= 0.6 is 15.9 Å². The fourth-order valence-electron chi connectivity index (χ4n) is 2.82. The van der Waals surface area contributed by atoms with Crippen LogP contribution in [0.1, 0.15) is 28.9 Å². The maximum Gasteiger partial charge on any atom is 0.356 e. The van der Waals surface area contributed by atoms with E-state index in [1.165, 1.54) is 11.6 Å². The average Bonchev–Trinajstić information content (AvgIpc) is 2.59. The first-order valence-electron chi connectivity index (χ1n) is 7.90. The Morgan fingerprint density at radius 2 is 1.88 bits per heavy atom. The van der Waals surface area contributed by atoms with E-state index >= 15 is 0 Å². The van der Waals surface area contributed by atoms with E-state index in [0.717, 1.165) is 36.9 Å². The van der Waals surface area contributed by atoms with Gasteiger partial charge in [0.2, 0.25) is 0 Å². The van der Waals surface area contributed by atoms with Crippen LogP contribution in [-0.4, -0.2) is 45.3 Å². The highest BCUT2D eigenvalue weighted by atomic mass is 79.9. The van der Waals surface area contributed by atoms with E-state index < -0.39 is 5.97 Å². The number of anilines is 1. The van der Waals surface area contributed by atoms with Crippen molar-refractivity contribution in [3.63, 3.8) is 0 Å². The predicted octanol–water partition coefficient (Wildman–Crippen LogP) is 3.01. The first-order valence-corrected chi connectivity index (χ1v) is 8.70. The fraction of sp³-hybridized carbons (Fsp3) is 0.353. The third-order valence-corrected chi connectivity index (χ3v) is 4.67. The Labute approximate surface area is 149 Å². The number of rotatable bonds is 5. The summed E-state index contributed by atoms with van der Waals surface area (Å²) < 4.78 is 1.10. The Balaban J connectivity index is 1.48. The number of carboxylic acid groups (broad SMARTS) is 1. The molecule has 2 aromatic rings. The second-order valence-corrected chi connectivity index (χ2v) is 6.85. The number of nitrogens with one attached hydrogen (secondary N) is 1. The number of piperidine rings is 1. The van der Waals surface area contributed by atoms with Crippen molar-refractivity contribution in [3.05, 3.63) is 52.1 Å². The van der Waals surface area contributed by atoms with Gasteiger partial charge in [0.25, 0.3) is 0 Å². The molecule has 7 heteroatoms. The van der Waals surface area contributed by atoms with Crippen LogP contribution in [0.2, 0.25) is 0 Å². The van der Waals surface area contributed by atoms with Gasteiger partial charge in [-0.25, -0.2) is 4.79 Å². The zero-order chi connectivity index (χ0) is 16.9. The van der Waals surface area contributed by atoms with Crippen molar-refractivity contribution in [3.8, 4) is 0 Å². The van der Waals surface area contributed by atoms with Gasteiger partial charge in [0, 0.05) is 30.1 Å². The lowest BCUT2D eigenvalue weighted by Gasteiger charge is -2.32. The van der Waals surface area contributed by atoms with Crippen LogP contribution in [0.3, 0.4) is 0 Å². The molecule has 0 saturated carbocycles. The summed E-state index contributed by atoms with van der Waals surface area (Å²) in [7, 11) is 0. The van der Waals surface area contributed by atoms with E-state index in [2.05, 4.69) is 60.6 Å². The molecule has 0 radical (unpaired) electrons. The van der Waals surface area contributed by atoms with Crippen molar-refractivity contribution < 1.29 is 9.90 Å². The van der Waals surface area contributed by atoms with Gasteiger partial charge in [-0.2, -0.15) is 0 Å². The minimum atomic E-state index is -1.06. The molecule has 2 N–H and O–H groups in total. The number of nitrogens with zero attached hydrogens (tertiary/aromatic N) is 3. The quantitative estimate of drug-likeness (QED) is 0.816. The molecule has 1 aliphatic rings. The molecule has 1 aromatic carbocycles. The Bertz CT molecular complexity index is 683. The molecule has 6 nitrogen and oxygen atoms in total. The summed E-state index contributed by atoms with van der Waals surface area (Å²) in [5, 5.41) is 19.8. The zero-order valence-electron chi connectivity index (χ0n) is 13.2. The molecule has 0 aliphatic carbocycles. The van der Waals surface area contributed by atoms with Crippen LogP contribution in [0.4, 0.5) is 5.82 Å². The minimum absolute atomic E-state index is 0.0372. The maximum absolute atomic E-state index is 10.8. The van der Waals surface area contributed by atoms with Gasteiger partial charge in [-0.05, 0) is 42.7 Å². The minimum Gasteiger partial charge on any atom is -0.476 e.